The topological polar surface area (TPSA) is 79.4 Å². The van der Waals surface area contributed by atoms with Gasteiger partial charge < -0.3 is 15.1 Å². The second kappa shape index (κ2) is 6.24. The quantitative estimate of drug-likeness (QED) is 0.908. The number of nitrogens with zero attached hydrogens (tertiary/aromatic N) is 2. The van der Waals surface area contributed by atoms with E-state index in [-0.39, 0.29) is 5.91 Å². The number of imidazole rings is 1. The molecule has 0 spiro atoms. The third kappa shape index (κ3) is 3.41. The van der Waals surface area contributed by atoms with Crippen molar-refractivity contribution in [3.63, 3.8) is 0 Å². The van der Waals surface area contributed by atoms with Crippen LogP contribution >= 0.6 is 0 Å². The Morgan fingerprint density at radius 1 is 1.39 bits per heavy atom. The number of aromatic amines is 1. The molecular weight excluding hydrogens is 292 g/mol. The average molecular weight is 312 g/mol. The number of carbonyl (C=O) groups is 1. The van der Waals surface area contributed by atoms with Crippen molar-refractivity contribution in [3.05, 3.63) is 52.6 Å². The number of aryl methyl sites for hydroxylation is 3. The molecule has 120 valence electrons. The summed E-state index contributed by atoms with van der Waals surface area (Å²) in [6, 6.07) is 6.19. The van der Waals surface area contributed by atoms with E-state index in [4.69, 9.17) is 4.84 Å². The number of hydrogen-bond donors (Lipinski definition) is 2. The van der Waals surface area contributed by atoms with Gasteiger partial charge in [0.1, 0.15) is 5.82 Å². The SMILES string of the molecule is Cc1ccc(C)c(C2=NOC(C(=O)NCc3ncc(C)[nH]3)C2)c1. The third-order valence-corrected chi connectivity index (χ3v) is 3.85. The molecule has 0 bridgehead atoms. The lowest BCUT2D eigenvalue weighted by atomic mass is 9.98. The number of nitrogens with one attached hydrogen (secondary N) is 2. The van der Waals surface area contributed by atoms with Crippen LogP contribution < -0.4 is 5.32 Å². The molecule has 6 nitrogen and oxygen atoms in total. The summed E-state index contributed by atoms with van der Waals surface area (Å²) in [5.74, 6) is 0.549. The second-order valence-corrected chi connectivity index (χ2v) is 5.89. The number of benzene rings is 1. The Bertz CT molecular complexity index is 764. The van der Waals surface area contributed by atoms with Crippen molar-refractivity contribution in [3.8, 4) is 0 Å². The van der Waals surface area contributed by atoms with Crippen LogP contribution in [0.2, 0.25) is 0 Å². The Labute approximate surface area is 135 Å². The van der Waals surface area contributed by atoms with Crippen LogP contribution in [-0.2, 0) is 16.2 Å². The molecule has 23 heavy (non-hydrogen) atoms. The number of hydrogen-bond acceptors (Lipinski definition) is 4. The van der Waals surface area contributed by atoms with Gasteiger partial charge in [0.25, 0.3) is 5.91 Å². The van der Waals surface area contributed by atoms with Crippen LogP contribution in [0.4, 0.5) is 0 Å². The molecule has 2 aromatic rings. The number of amides is 1. The van der Waals surface area contributed by atoms with Crippen molar-refractivity contribution in [2.24, 2.45) is 5.16 Å². The standard InChI is InChI=1S/C17H20N4O2/c1-10-4-5-11(2)13(6-10)14-7-15(23-21-14)17(22)19-9-16-18-8-12(3)20-16/h4-6,8,15H,7,9H2,1-3H3,(H,18,20)(H,19,22). The van der Waals surface area contributed by atoms with Gasteiger partial charge in [-0.2, -0.15) is 0 Å². The molecule has 6 heteroatoms. The number of carbonyl (C=O) groups excluding carboxylic acids is 1. The maximum absolute atomic E-state index is 12.2. The summed E-state index contributed by atoms with van der Waals surface area (Å²) in [6.07, 6.45) is 1.63. The third-order valence-electron chi connectivity index (χ3n) is 3.85. The second-order valence-electron chi connectivity index (χ2n) is 5.89. The van der Waals surface area contributed by atoms with E-state index in [1.54, 1.807) is 6.20 Å². The first-order chi connectivity index (χ1) is 11.0. The molecule has 3 rings (SSSR count). The van der Waals surface area contributed by atoms with Crippen LogP contribution in [-0.4, -0.2) is 27.7 Å². The largest absolute Gasteiger partial charge is 0.382 e. The molecule has 0 saturated carbocycles. The first kappa shape index (κ1) is 15.3. The normalized spacial score (nSPS) is 16.8. The number of oxime groups is 1. The summed E-state index contributed by atoms with van der Waals surface area (Å²) in [7, 11) is 0. The highest BCUT2D eigenvalue weighted by atomic mass is 16.6. The Balaban J connectivity index is 1.60. The molecule has 0 saturated heterocycles. The first-order valence-corrected chi connectivity index (χ1v) is 7.61. The van der Waals surface area contributed by atoms with Gasteiger partial charge in [-0.25, -0.2) is 4.98 Å². The van der Waals surface area contributed by atoms with Gasteiger partial charge in [0.15, 0.2) is 0 Å². The zero-order valence-corrected chi connectivity index (χ0v) is 13.5. The lowest BCUT2D eigenvalue weighted by Gasteiger charge is -2.09. The number of H-pyrrole nitrogens is 1. The smallest absolute Gasteiger partial charge is 0.264 e. The maximum atomic E-state index is 12.2. The van der Waals surface area contributed by atoms with E-state index in [0.29, 0.717) is 13.0 Å². The Morgan fingerprint density at radius 2 is 2.22 bits per heavy atom. The van der Waals surface area contributed by atoms with Gasteiger partial charge in [0.05, 0.1) is 12.3 Å². The van der Waals surface area contributed by atoms with Crippen molar-refractivity contribution < 1.29 is 9.63 Å². The fourth-order valence-electron chi connectivity index (χ4n) is 2.57. The Hall–Kier alpha value is -2.63. The average Bonchev–Trinajstić information content (AvgIpc) is 3.16. The Kier molecular flexibility index (Phi) is 4.14. The predicted octanol–water partition coefficient (Wildman–Crippen LogP) is 2.14. The van der Waals surface area contributed by atoms with Crippen molar-refractivity contribution in [2.75, 3.05) is 0 Å². The van der Waals surface area contributed by atoms with Crippen LogP contribution in [0.15, 0.2) is 29.6 Å². The van der Waals surface area contributed by atoms with E-state index in [0.717, 1.165) is 33.9 Å². The molecule has 1 aliphatic rings. The molecule has 0 aliphatic carbocycles. The molecule has 0 radical (unpaired) electrons. The summed E-state index contributed by atoms with van der Waals surface area (Å²) >= 11 is 0. The highest BCUT2D eigenvalue weighted by molar-refractivity contribution is 6.05. The minimum atomic E-state index is -0.582. The Morgan fingerprint density at radius 3 is 2.96 bits per heavy atom. The van der Waals surface area contributed by atoms with Crippen molar-refractivity contribution in [1.29, 1.82) is 0 Å². The first-order valence-electron chi connectivity index (χ1n) is 7.61. The van der Waals surface area contributed by atoms with E-state index in [1.807, 2.05) is 20.8 Å². The van der Waals surface area contributed by atoms with E-state index in [1.165, 1.54) is 0 Å². The van der Waals surface area contributed by atoms with E-state index >= 15 is 0 Å². The molecular formula is C17H20N4O2. The van der Waals surface area contributed by atoms with Gasteiger partial charge in [0.2, 0.25) is 6.10 Å². The minimum absolute atomic E-state index is 0.178. The minimum Gasteiger partial charge on any atom is -0.382 e. The zero-order valence-electron chi connectivity index (χ0n) is 13.5. The lowest BCUT2D eigenvalue weighted by Crippen LogP contribution is -2.34. The number of aromatic nitrogens is 2. The van der Waals surface area contributed by atoms with Crippen LogP contribution in [0.5, 0.6) is 0 Å². The van der Waals surface area contributed by atoms with Crippen LogP contribution in [0.3, 0.4) is 0 Å². The summed E-state index contributed by atoms with van der Waals surface area (Å²) in [4.78, 5) is 24.8. The van der Waals surface area contributed by atoms with Crippen molar-refractivity contribution in [1.82, 2.24) is 15.3 Å². The van der Waals surface area contributed by atoms with Gasteiger partial charge in [-0.05, 0) is 32.4 Å². The molecule has 2 N–H and O–H groups in total. The van der Waals surface area contributed by atoms with Crippen molar-refractivity contribution in [2.45, 2.75) is 39.8 Å². The molecule has 1 aromatic heterocycles. The molecule has 0 fully saturated rings. The van der Waals surface area contributed by atoms with Crippen LogP contribution in [0.25, 0.3) is 0 Å². The zero-order chi connectivity index (χ0) is 16.4. The fraction of sp³-hybridized carbons (Fsp3) is 0.353. The molecule has 1 amide bonds. The van der Waals surface area contributed by atoms with Crippen LogP contribution in [0, 0.1) is 20.8 Å². The van der Waals surface area contributed by atoms with Crippen molar-refractivity contribution >= 4 is 11.6 Å². The maximum Gasteiger partial charge on any atom is 0.264 e. The molecule has 1 aliphatic heterocycles. The van der Waals surface area contributed by atoms with Gasteiger partial charge >= 0.3 is 0 Å². The summed E-state index contributed by atoms with van der Waals surface area (Å²) in [5.41, 5.74) is 5.12. The van der Waals surface area contributed by atoms with Gasteiger partial charge in [-0.15, -0.1) is 0 Å². The van der Waals surface area contributed by atoms with Gasteiger partial charge in [0, 0.05) is 23.9 Å². The predicted molar refractivity (Wildman–Crippen MR) is 87.1 cm³/mol. The van der Waals surface area contributed by atoms with E-state index in [2.05, 4.69) is 38.6 Å². The van der Waals surface area contributed by atoms with Gasteiger partial charge in [-0.1, -0.05) is 22.9 Å². The molecule has 2 heterocycles. The van der Waals surface area contributed by atoms with E-state index in [9.17, 15) is 4.79 Å². The van der Waals surface area contributed by atoms with Gasteiger partial charge in [-0.3, -0.25) is 4.79 Å². The monoisotopic (exact) mass is 312 g/mol. The summed E-state index contributed by atoms with van der Waals surface area (Å²) in [5, 5.41) is 6.92. The highest BCUT2D eigenvalue weighted by Gasteiger charge is 2.29. The molecule has 1 atom stereocenters. The summed E-state index contributed by atoms with van der Waals surface area (Å²) < 4.78 is 0. The number of rotatable bonds is 4. The summed E-state index contributed by atoms with van der Waals surface area (Å²) in [6.45, 7) is 6.34. The highest BCUT2D eigenvalue weighted by Crippen LogP contribution is 2.20. The molecule has 1 unspecified atom stereocenters. The lowest BCUT2D eigenvalue weighted by molar-refractivity contribution is -0.131. The van der Waals surface area contributed by atoms with Crippen LogP contribution in [0.1, 0.15) is 34.6 Å². The fourth-order valence-corrected chi connectivity index (χ4v) is 2.57. The molecule has 1 aromatic carbocycles. The van der Waals surface area contributed by atoms with E-state index < -0.39 is 6.10 Å².